The molecule has 1 aliphatic heterocycles. The first kappa shape index (κ1) is 25.2. The fourth-order valence-corrected chi connectivity index (χ4v) is 4.70. The van der Waals surface area contributed by atoms with Crippen molar-refractivity contribution in [1.29, 1.82) is 0 Å². The quantitative estimate of drug-likeness (QED) is 0.578. The van der Waals surface area contributed by atoms with Crippen LogP contribution in [0.25, 0.3) is 11.1 Å². The molecule has 0 saturated heterocycles. The molecule has 2 bridgehead atoms. The molecular weight excluding hydrogens is 458 g/mol. The number of amides is 1. The van der Waals surface area contributed by atoms with E-state index in [1.54, 1.807) is 18.0 Å². The van der Waals surface area contributed by atoms with E-state index in [4.69, 9.17) is 15.2 Å². The van der Waals surface area contributed by atoms with Gasteiger partial charge in [-0.25, -0.2) is 0 Å². The van der Waals surface area contributed by atoms with E-state index in [9.17, 15) is 4.79 Å². The number of hydrogen-bond acceptors (Lipinski definition) is 6. The van der Waals surface area contributed by atoms with E-state index in [0.29, 0.717) is 39.3 Å². The molecule has 0 fully saturated rings. The average molecular weight is 492 g/mol. The fourth-order valence-electron chi connectivity index (χ4n) is 4.21. The Kier molecular flexibility index (Phi) is 9.17. The van der Waals surface area contributed by atoms with Gasteiger partial charge in [0.1, 0.15) is 12.4 Å². The largest absolute Gasteiger partial charge is 0.491 e. The lowest BCUT2D eigenvalue weighted by Gasteiger charge is -2.26. The molecule has 2 N–H and O–H groups in total. The van der Waals surface area contributed by atoms with E-state index in [0.717, 1.165) is 40.2 Å². The van der Waals surface area contributed by atoms with Gasteiger partial charge in [-0.15, -0.1) is 0 Å². The molecule has 184 valence electrons. The maximum atomic E-state index is 13.1. The molecule has 7 heteroatoms. The van der Waals surface area contributed by atoms with E-state index in [2.05, 4.69) is 47.4 Å². The molecule has 2 heterocycles. The number of thioether (sulfide) groups is 1. The lowest BCUT2D eigenvalue weighted by atomic mass is 9.98. The van der Waals surface area contributed by atoms with Crippen molar-refractivity contribution in [3.05, 3.63) is 83.7 Å². The average Bonchev–Trinajstić information content (AvgIpc) is 2.89. The molecule has 0 aliphatic carbocycles. The summed E-state index contributed by atoms with van der Waals surface area (Å²) in [5, 5.41) is 0. The van der Waals surface area contributed by atoms with Gasteiger partial charge in [-0.1, -0.05) is 36.4 Å². The highest BCUT2D eigenvalue weighted by Gasteiger charge is 2.21. The third-order valence-electron chi connectivity index (χ3n) is 6.07. The summed E-state index contributed by atoms with van der Waals surface area (Å²) in [6, 6.07) is 18.2. The van der Waals surface area contributed by atoms with Crippen LogP contribution in [0.2, 0.25) is 0 Å². The molecule has 0 spiro atoms. The topological polar surface area (TPSA) is 77.7 Å². The van der Waals surface area contributed by atoms with Crippen LogP contribution in [0, 0.1) is 0 Å². The smallest absolute Gasteiger partial charge is 0.239 e. The van der Waals surface area contributed by atoms with Crippen molar-refractivity contribution in [2.75, 3.05) is 38.4 Å². The molecule has 2 aromatic carbocycles. The highest BCUT2D eigenvalue weighted by atomic mass is 32.2. The summed E-state index contributed by atoms with van der Waals surface area (Å²) in [4.78, 5) is 19.2. The van der Waals surface area contributed by atoms with Gasteiger partial charge in [0, 0.05) is 37.5 Å². The van der Waals surface area contributed by atoms with Crippen LogP contribution in [-0.4, -0.2) is 60.2 Å². The van der Waals surface area contributed by atoms with Crippen molar-refractivity contribution in [2.24, 2.45) is 5.73 Å². The van der Waals surface area contributed by atoms with Crippen molar-refractivity contribution in [3.8, 4) is 16.9 Å². The summed E-state index contributed by atoms with van der Waals surface area (Å²) < 4.78 is 11.9. The Hall–Kier alpha value is -2.87. The van der Waals surface area contributed by atoms with Crippen LogP contribution >= 0.6 is 11.8 Å². The summed E-state index contributed by atoms with van der Waals surface area (Å²) in [6.45, 7) is 2.36. The lowest BCUT2D eigenvalue weighted by Crippen LogP contribution is -2.45. The van der Waals surface area contributed by atoms with Gasteiger partial charge in [-0.05, 0) is 58.9 Å². The number of pyridine rings is 1. The van der Waals surface area contributed by atoms with Crippen molar-refractivity contribution in [3.63, 3.8) is 0 Å². The molecule has 0 unspecified atom stereocenters. The van der Waals surface area contributed by atoms with Gasteiger partial charge in [0.25, 0.3) is 0 Å². The van der Waals surface area contributed by atoms with E-state index in [1.807, 2.05) is 29.5 Å². The van der Waals surface area contributed by atoms with Crippen LogP contribution in [0.1, 0.15) is 23.1 Å². The predicted molar refractivity (Wildman–Crippen MR) is 142 cm³/mol. The Morgan fingerprint density at radius 1 is 1.09 bits per heavy atom. The minimum Gasteiger partial charge on any atom is -0.491 e. The molecule has 6 nitrogen and oxygen atoms in total. The highest BCUT2D eigenvalue weighted by molar-refractivity contribution is 7.98. The van der Waals surface area contributed by atoms with Crippen LogP contribution < -0.4 is 10.5 Å². The number of aromatic nitrogens is 1. The zero-order chi connectivity index (χ0) is 24.5. The monoisotopic (exact) mass is 491 g/mol. The van der Waals surface area contributed by atoms with Crippen LogP contribution in [-0.2, 0) is 22.5 Å². The third kappa shape index (κ3) is 7.07. The molecule has 35 heavy (non-hydrogen) atoms. The summed E-state index contributed by atoms with van der Waals surface area (Å²) in [6.07, 6.45) is 7.07. The molecule has 1 amide bonds. The summed E-state index contributed by atoms with van der Waals surface area (Å²) in [5.41, 5.74) is 11.7. The van der Waals surface area contributed by atoms with Gasteiger partial charge < -0.3 is 20.1 Å². The Labute approximate surface area is 211 Å². The van der Waals surface area contributed by atoms with Crippen LogP contribution in [0.4, 0.5) is 0 Å². The molecule has 0 radical (unpaired) electrons. The molecule has 1 atom stereocenters. The number of carbonyl (C=O) groups is 1. The molecule has 4 rings (SSSR count). The van der Waals surface area contributed by atoms with Gasteiger partial charge in [0.2, 0.25) is 5.91 Å². The SMILES string of the molecule is CSCC[C@@H](N)C(=O)N1CCOCCOc2ccc(-c3cccnc3)cc2Cc2cccc(c2)C1. The van der Waals surface area contributed by atoms with Crippen LogP contribution in [0.5, 0.6) is 5.75 Å². The third-order valence-corrected chi connectivity index (χ3v) is 6.71. The van der Waals surface area contributed by atoms with Crippen molar-refractivity contribution in [2.45, 2.75) is 25.4 Å². The zero-order valence-corrected chi connectivity index (χ0v) is 21.0. The zero-order valence-electron chi connectivity index (χ0n) is 20.2. The number of rotatable bonds is 5. The highest BCUT2D eigenvalue weighted by Crippen LogP contribution is 2.29. The first-order valence-corrected chi connectivity index (χ1v) is 13.4. The van der Waals surface area contributed by atoms with E-state index in [-0.39, 0.29) is 5.91 Å². The number of carbonyl (C=O) groups excluding carboxylic acids is 1. The fraction of sp³-hybridized carbons (Fsp3) is 0.357. The molecule has 3 aromatic rings. The lowest BCUT2D eigenvalue weighted by molar-refractivity contribution is -0.134. The van der Waals surface area contributed by atoms with Crippen LogP contribution in [0.3, 0.4) is 0 Å². The Morgan fingerprint density at radius 2 is 1.97 bits per heavy atom. The molecule has 0 saturated carbocycles. The Balaban J connectivity index is 1.60. The summed E-state index contributed by atoms with van der Waals surface area (Å²) in [7, 11) is 0. The Morgan fingerprint density at radius 3 is 2.80 bits per heavy atom. The normalized spacial score (nSPS) is 15.4. The number of hydrogen-bond donors (Lipinski definition) is 1. The van der Waals surface area contributed by atoms with Crippen molar-refractivity contribution in [1.82, 2.24) is 9.88 Å². The number of nitrogens with zero attached hydrogens (tertiary/aromatic N) is 2. The number of fused-ring (bicyclic) bond motifs is 3. The standard InChI is InChI=1S/C28H33N3O3S/c1-35-15-9-26(29)28(32)31-11-12-33-13-14-34-27-8-7-23(24-6-3-10-30-19-24)18-25(27)17-21-4-2-5-22(16-21)20-31/h2-8,10,16,18-19,26H,9,11-15,17,20,29H2,1H3/t26-/m1/s1. The van der Waals surface area contributed by atoms with Gasteiger partial charge >= 0.3 is 0 Å². The number of ether oxygens (including phenoxy) is 2. The first-order chi connectivity index (χ1) is 17.1. The number of nitrogens with two attached hydrogens (primary N) is 1. The minimum absolute atomic E-state index is 0.0251. The predicted octanol–water partition coefficient (Wildman–Crippen LogP) is 4.16. The van der Waals surface area contributed by atoms with E-state index < -0.39 is 6.04 Å². The Bertz CT molecular complexity index is 1110. The second-order valence-corrected chi connectivity index (χ2v) is 9.66. The van der Waals surface area contributed by atoms with Crippen LogP contribution in [0.15, 0.2) is 67.0 Å². The first-order valence-electron chi connectivity index (χ1n) is 12.0. The second kappa shape index (κ2) is 12.7. The second-order valence-electron chi connectivity index (χ2n) is 8.67. The van der Waals surface area contributed by atoms with Gasteiger partial charge in [-0.2, -0.15) is 11.8 Å². The summed E-state index contributed by atoms with van der Waals surface area (Å²) in [5.74, 6) is 1.70. The number of benzene rings is 2. The van der Waals surface area contributed by atoms with Gasteiger partial charge in [0.05, 0.1) is 19.3 Å². The summed E-state index contributed by atoms with van der Waals surface area (Å²) >= 11 is 1.70. The van der Waals surface area contributed by atoms with Crippen molar-refractivity contribution < 1.29 is 14.3 Å². The van der Waals surface area contributed by atoms with E-state index >= 15 is 0 Å². The van der Waals surface area contributed by atoms with Gasteiger partial charge in [-0.3, -0.25) is 9.78 Å². The maximum Gasteiger partial charge on any atom is 0.239 e. The van der Waals surface area contributed by atoms with Crippen molar-refractivity contribution >= 4 is 17.7 Å². The molecule has 1 aliphatic rings. The molecule has 1 aromatic heterocycles. The minimum atomic E-state index is -0.495. The van der Waals surface area contributed by atoms with E-state index in [1.165, 1.54) is 5.56 Å². The maximum absolute atomic E-state index is 13.1. The molecular formula is C28H33N3O3S. The van der Waals surface area contributed by atoms with Gasteiger partial charge in [0.15, 0.2) is 0 Å².